The smallest absolute Gasteiger partial charge is 0.366 e. The quantitative estimate of drug-likeness (QED) is 0.431. The lowest BCUT2D eigenvalue weighted by Crippen LogP contribution is -2.35. The second-order valence-corrected chi connectivity index (χ2v) is 9.07. The van der Waals surface area contributed by atoms with E-state index in [1.165, 1.54) is 6.07 Å². The SMILES string of the molecule is Bc1cnn2c(NCc3cccnc3)cc(C3CCCN(Cc4ccccc4C(F)(F)F)C3)nc12. The Kier molecular flexibility index (Phi) is 6.47. The van der Waals surface area contributed by atoms with E-state index in [1.54, 1.807) is 29.0 Å². The molecule has 1 atom stereocenters. The highest BCUT2D eigenvalue weighted by Crippen LogP contribution is 2.34. The van der Waals surface area contributed by atoms with Gasteiger partial charge in [0.15, 0.2) is 5.65 Å². The van der Waals surface area contributed by atoms with Crippen molar-refractivity contribution in [2.45, 2.75) is 38.0 Å². The molecule has 0 aliphatic carbocycles. The monoisotopic (exact) mass is 478 g/mol. The molecule has 1 aromatic carbocycles. The Morgan fingerprint density at radius 1 is 1.11 bits per heavy atom. The molecule has 3 aromatic heterocycles. The molecule has 1 unspecified atom stereocenters. The summed E-state index contributed by atoms with van der Waals surface area (Å²) in [4.78, 5) is 11.2. The van der Waals surface area contributed by atoms with Gasteiger partial charge in [0.2, 0.25) is 0 Å². The predicted octanol–water partition coefficient (Wildman–Crippen LogP) is 3.39. The van der Waals surface area contributed by atoms with Gasteiger partial charge in [-0.25, -0.2) is 4.98 Å². The van der Waals surface area contributed by atoms with E-state index in [9.17, 15) is 13.2 Å². The van der Waals surface area contributed by atoms with Crippen molar-refractivity contribution < 1.29 is 13.2 Å². The first kappa shape index (κ1) is 23.4. The molecule has 0 spiro atoms. The van der Waals surface area contributed by atoms with Crippen LogP contribution >= 0.6 is 0 Å². The fraction of sp³-hybridized carbons (Fsp3) is 0.320. The summed E-state index contributed by atoms with van der Waals surface area (Å²) in [5, 5.41) is 7.93. The van der Waals surface area contributed by atoms with Gasteiger partial charge in [-0.15, -0.1) is 0 Å². The minimum absolute atomic E-state index is 0.125. The number of likely N-dealkylation sites (tertiary alicyclic amines) is 1. The molecule has 0 bridgehead atoms. The maximum atomic E-state index is 13.5. The van der Waals surface area contributed by atoms with Crippen LogP contribution < -0.4 is 10.8 Å². The lowest BCUT2D eigenvalue weighted by molar-refractivity contribution is -0.138. The zero-order valence-corrected chi connectivity index (χ0v) is 19.5. The van der Waals surface area contributed by atoms with Gasteiger partial charge in [0.1, 0.15) is 13.7 Å². The van der Waals surface area contributed by atoms with Crippen LogP contribution in [0.25, 0.3) is 5.65 Å². The minimum atomic E-state index is -4.35. The summed E-state index contributed by atoms with van der Waals surface area (Å²) in [5.41, 5.74) is 3.50. The lowest BCUT2D eigenvalue weighted by atomic mass is 9.93. The molecule has 4 aromatic rings. The minimum Gasteiger partial charge on any atom is -0.366 e. The number of nitrogens with one attached hydrogen (secondary N) is 1. The van der Waals surface area contributed by atoms with Crippen LogP contribution in [0.5, 0.6) is 0 Å². The molecule has 4 heterocycles. The van der Waals surface area contributed by atoms with Gasteiger partial charge < -0.3 is 5.32 Å². The Bertz CT molecular complexity index is 1310. The molecule has 180 valence electrons. The zero-order chi connectivity index (χ0) is 24.4. The number of alkyl halides is 3. The number of fused-ring (bicyclic) bond motifs is 1. The maximum Gasteiger partial charge on any atom is 0.416 e. The van der Waals surface area contributed by atoms with Crippen LogP contribution in [0.1, 0.15) is 41.1 Å². The van der Waals surface area contributed by atoms with E-state index in [1.807, 2.05) is 32.2 Å². The highest BCUT2D eigenvalue weighted by Gasteiger charge is 2.34. The van der Waals surface area contributed by atoms with E-state index in [0.717, 1.165) is 53.6 Å². The first-order valence-electron chi connectivity index (χ1n) is 11.7. The van der Waals surface area contributed by atoms with E-state index in [2.05, 4.69) is 20.3 Å². The van der Waals surface area contributed by atoms with E-state index in [4.69, 9.17) is 4.98 Å². The van der Waals surface area contributed by atoms with Crippen LogP contribution in [-0.4, -0.2) is 45.4 Å². The van der Waals surface area contributed by atoms with Gasteiger partial charge in [-0.3, -0.25) is 9.88 Å². The van der Waals surface area contributed by atoms with Crippen molar-refractivity contribution in [1.29, 1.82) is 0 Å². The molecule has 1 N–H and O–H groups in total. The molecule has 1 aliphatic rings. The number of pyridine rings is 1. The van der Waals surface area contributed by atoms with Crippen molar-refractivity contribution >= 4 is 24.8 Å². The van der Waals surface area contributed by atoms with Gasteiger partial charge >= 0.3 is 6.18 Å². The third-order valence-corrected chi connectivity index (χ3v) is 6.50. The third kappa shape index (κ3) is 5.17. The van der Waals surface area contributed by atoms with E-state index in [-0.39, 0.29) is 12.5 Å². The van der Waals surface area contributed by atoms with E-state index in [0.29, 0.717) is 18.7 Å². The van der Waals surface area contributed by atoms with Crippen molar-refractivity contribution in [3.8, 4) is 0 Å². The van der Waals surface area contributed by atoms with Crippen molar-refractivity contribution in [2.75, 3.05) is 18.4 Å². The summed E-state index contributed by atoms with van der Waals surface area (Å²) in [5.74, 6) is 0.960. The Morgan fingerprint density at radius 3 is 2.77 bits per heavy atom. The van der Waals surface area contributed by atoms with Gasteiger partial charge in [0.05, 0.1) is 11.3 Å². The normalized spacial score (nSPS) is 17.1. The highest BCUT2D eigenvalue weighted by atomic mass is 19.4. The summed E-state index contributed by atoms with van der Waals surface area (Å²) >= 11 is 0. The summed E-state index contributed by atoms with van der Waals surface area (Å²) in [6.07, 6.45) is 2.84. The number of nitrogens with zero attached hydrogens (tertiary/aromatic N) is 5. The predicted molar refractivity (Wildman–Crippen MR) is 131 cm³/mol. The Morgan fingerprint density at radius 2 is 1.97 bits per heavy atom. The summed E-state index contributed by atoms with van der Waals surface area (Å²) < 4.78 is 42.3. The number of benzene rings is 1. The lowest BCUT2D eigenvalue weighted by Gasteiger charge is -2.33. The van der Waals surface area contributed by atoms with Crippen molar-refractivity contribution in [3.63, 3.8) is 0 Å². The van der Waals surface area contributed by atoms with Crippen LogP contribution in [0.4, 0.5) is 19.0 Å². The van der Waals surface area contributed by atoms with Gasteiger partial charge in [-0.2, -0.15) is 22.8 Å². The number of hydrogen-bond acceptors (Lipinski definition) is 5. The van der Waals surface area contributed by atoms with Crippen molar-refractivity contribution in [2.24, 2.45) is 0 Å². The Labute approximate surface area is 202 Å². The third-order valence-electron chi connectivity index (χ3n) is 6.50. The number of rotatable bonds is 6. The molecule has 0 amide bonds. The maximum absolute atomic E-state index is 13.5. The second kappa shape index (κ2) is 9.69. The first-order chi connectivity index (χ1) is 16.9. The zero-order valence-electron chi connectivity index (χ0n) is 19.5. The van der Waals surface area contributed by atoms with Gasteiger partial charge in [0.25, 0.3) is 0 Å². The molecule has 0 saturated carbocycles. The van der Waals surface area contributed by atoms with Gasteiger partial charge in [-0.1, -0.05) is 24.3 Å². The van der Waals surface area contributed by atoms with Crippen LogP contribution in [-0.2, 0) is 19.3 Å². The molecule has 0 radical (unpaired) electrons. The number of halogens is 3. The van der Waals surface area contributed by atoms with Crippen LogP contribution in [0.2, 0.25) is 0 Å². The summed E-state index contributed by atoms with van der Waals surface area (Å²) in [6, 6.07) is 11.8. The molecule has 1 fully saturated rings. The highest BCUT2D eigenvalue weighted by molar-refractivity contribution is 6.36. The molecule has 35 heavy (non-hydrogen) atoms. The Balaban J connectivity index is 1.38. The second-order valence-electron chi connectivity index (χ2n) is 9.07. The fourth-order valence-corrected chi connectivity index (χ4v) is 4.74. The fourth-order valence-electron chi connectivity index (χ4n) is 4.74. The number of piperidine rings is 1. The number of hydrogen-bond donors (Lipinski definition) is 1. The number of aromatic nitrogens is 4. The molecule has 1 aliphatic heterocycles. The molecule has 10 heteroatoms. The van der Waals surface area contributed by atoms with E-state index >= 15 is 0 Å². The van der Waals surface area contributed by atoms with Crippen LogP contribution in [0, 0.1) is 0 Å². The molecular weight excluding hydrogens is 452 g/mol. The summed E-state index contributed by atoms with van der Waals surface area (Å²) in [7, 11) is 1.98. The molecule has 1 saturated heterocycles. The van der Waals surface area contributed by atoms with Crippen molar-refractivity contribution in [3.05, 3.63) is 83.4 Å². The largest absolute Gasteiger partial charge is 0.416 e. The topological polar surface area (TPSA) is 58.4 Å². The number of anilines is 1. The Hall–Kier alpha value is -3.40. The van der Waals surface area contributed by atoms with Crippen molar-refractivity contribution in [1.82, 2.24) is 24.5 Å². The molecular formula is C25H26BF3N6. The van der Waals surface area contributed by atoms with Gasteiger partial charge in [-0.05, 0) is 48.1 Å². The summed E-state index contributed by atoms with van der Waals surface area (Å²) in [6.45, 7) is 2.29. The molecule has 6 nitrogen and oxygen atoms in total. The van der Waals surface area contributed by atoms with Crippen LogP contribution in [0.15, 0.2) is 61.1 Å². The standard InChI is InChI=1S/C25H26BF3N6/c26-21-14-32-35-23(31-13-17-5-3-9-30-12-17)11-22(33-24(21)35)19-7-4-10-34(16-19)15-18-6-1-2-8-20(18)25(27,28)29/h1-3,5-6,8-9,11-12,14,19,31H,4,7,10,13,15-16,26H2. The van der Waals surface area contributed by atoms with Crippen LogP contribution in [0.3, 0.4) is 0 Å². The molecule has 5 rings (SSSR count). The first-order valence-corrected chi connectivity index (χ1v) is 11.7. The average Bonchev–Trinajstić information content (AvgIpc) is 3.24. The van der Waals surface area contributed by atoms with E-state index < -0.39 is 11.7 Å². The van der Waals surface area contributed by atoms with Gasteiger partial charge in [0, 0.05) is 50.2 Å². The average molecular weight is 478 g/mol.